The minimum Gasteiger partial charge on any atom is -0.507 e. The molecular formula is C20H35Cl2N3O2. The average molecular weight is 420 g/mol. The first-order valence-electron chi connectivity index (χ1n) is 9.64. The summed E-state index contributed by atoms with van der Waals surface area (Å²) in [5, 5.41) is 10.5. The predicted molar refractivity (Wildman–Crippen MR) is 115 cm³/mol. The molecule has 0 saturated carbocycles. The maximum Gasteiger partial charge on any atom is 0.122 e. The number of piperidine rings is 1. The van der Waals surface area contributed by atoms with Crippen LogP contribution >= 0.6 is 24.8 Å². The van der Waals surface area contributed by atoms with Gasteiger partial charge in [0.15, 0.2) is 0 Å². The van der Waals surface area contributed by atoms with Crippen molar-refractivity contribution in [1.29, 1.82) is 0 Å². The van der Waals surface area contributed by atoms with Crippen LogP contribution in [0.5, 0.6) is 5.75 Å². The standard InChI is InChI=1S/C20H33N3O2.2ClH/c1-13-3-4-16-17(20(13)24)11-18(25-19(16)12-21)15-6-9-23(10-7-15)8-5-14(2)22;;/h3-4,14-15,18-19,24H,5-12,21-22H2,1-2H3;2*1H/t14?,18-,19-;;/m0../s1. The summed E-state index contributed by atoms with van der Waals surface area (Å²) in [5.41, 5.74) is 14.9. The van der Waals surface area contributed by atoms with Crippen LogP contribution < -0.4 is 11.5 Å². The van der Waals surface area contributed by atoms with Crippen LogP contribution in [-0.2, 0) is 11.2 Å². The molecule has 5 N–H and O–H groups in total. The van der Waals surface area contributed by atoms with E-state index in [1.54, 1.807) is 0 Å². The molecule has 27 heavy (non-hydrogen) atoms. The van der Waals surface area contributed by atoms with E-state index in [0.29, 0.717) is 18.2 Å². The van der Waals surface area contributed by atoms with Crippen LogP contribution in [0, 0.1) is 12.8 Å². The molecule has 0 aromatic heterocycles. The molecule has 1 unspecified atom stereocenters. The predicted octanol–water partition coefficient (Wildman–Crippen LogP) is 2.93. The topological polar surface area (TPSA) is 84.7 Å². The number of hydrogen-bond acceptors (Lipinski definition) is 5. The van der Waals surface area contributed by atoms with Gasteiger partial charge in [-0.2, -0.15) is 0 Å². The molecule has 5 nitrogen and oxygen atoms in total. The van der Waals surface area contributed by atoms with Crippen molar-refractivity contribution in [2.24, 2.45) is 17.4 Å². The third-order valence-corrected chi connectivity index (χ3v) is 5.88. The van der Waals surface area contributed by atoms with E-state index in [2.05, 4.69) is 17.9 Å². The van der Waals surface area contributed by atoms with Crippen molar-refractivity contribution in [3.05, 3.63) is 28.8 Å². The highest BCUT2D eigenvalue weighted by Crippen LogP contribution is 2.40. The lowest BCUT2D eigenvalue weighted by Crippen LogP contribution is -2.43. The molecule has 2 aliphatic heterocycles. The van der Waals surface area contributed by atoms with Gasteiger partial charge < -0.3 is 26.2 Å². The smallest absolute Gasteiger partial charge is 0.122 e. The number of aromatic hydroxyl groups is 1. The minimum absolute atomic E-state index is 0. The van der Waals surface area contributed by atoms with Gasteiger partial charge in [-0.25, -0.2) is 0 Å². The van der Waals surface area contributed by atoms with E-state index in [0.717, 1.165) is 62.0 Å². The second-order valence-corrected chi connectivity index (χ2v) is 7.85. The summed E-state index contributed by atoms with van der Waals surface area (Å²) < 4.78 is 6.36. The molecule has 3 atom stereocenters. The van der Waals surface area contributed by atoms with E-state index < -0.39 is 0 Å². The average Bonchev–Trinajstić information content (AvgIpc) is 2.62. The van der Waals surface area contributed by atoms with Crippen LogP contribution in [0.1, 0.15) is 49.0 Å². The first-order chi connectivity index (χ1) is 12.0. The van der Waals surface area contributed by atoms with Gasteiger partial charge in [-0.05, 0) is 69.8 Å². The highest BCUT2D eigenvalue weighted by atomic mass is 35.5. The van der Waals surface area contributed by atoms with Gasteiger partial charge >= 0.3 is 0 Å². The number of rotatable bonds is 5. The Hall–Kier alpha value is -0.560. The van der Waals surface area contributed by atoms with Crippen molar-refractivity contribution >= 4 is 24.8 Å². The SMILES string of the molecule is Cc1ccc2c(c1O)C[C@@H](C1CCN(CCC(C)N)CC1)O[C@H]2CN.Cl.Cl. The zero-order valence-corrected chi connectivity index (χ0v) is 18.0. The van der Waals surface area contributed by atoms with E-state index in [-0.39, 0.29) is 43.1 Å². The van der Waals surface area contributed by atoms with Crippen molar-refractivity contribution in [3.8, 4) is 5.75 Å². The molecule has 7 heteroatoms. The summed E-state index contributed by atoms with van der Waals surface area (Å²) in [6.07, 6.45) is 4.19. The number of phenolic OH excluding ortho intramolecular Hbond substituents is 1. The fourth-order valence-electron chi connectivity index (χ4n) is 4.21. The van der Waals surface area contributed by atoms with Crippen LogP contribution in [0.15, 0.2) is 12.1 Å². The van der Waals surface area contributed by atoms with Gasteiger partial charge in [-0.15, -0.1) is 24.8 Å². The molecule has 1 fully saturated rings. The second-order valence-electron chi connectivity index (χ2n) is 7.85. The Kier molecular flexibility index (Phi) is 9.83. The lowest BCUT2D eigenvalue weighted by atomic mass is 9.83. The van der Waals surface area contributed by atoms with Crippen LogP contribution in [0.3, 0.4) is 0 Å². The monoisotopic (exact) mass is 419 g/mol. The number of nitrogens with zero attached hydrogens (tertiary/aromatic N) is 1. The number of halogens is 2. The van der Waals surface area contributed by atoms with Crippen molar-refractivity contribution in [2.45, 2.75) is 57.8 Å². The van der Waals surface area contributed by atoms with Crippen LogP contribution in [0.25, 0.3) is 0 Å². The Balaban J connectivity index is 0.00000182. The van der Waals surface area contributed by atoms with Crippen molar-refractivity contribution in [2.75, 3.05) is 26.2 Å². The molecule has 0 radical (unpaired) electrons. The third kappa shape index (κ3) is 5.72. The number of hydrogen-bond donors (Lipinski definition) is 3. The largest absolute Gasteiger partial charge is 0.507 e. The molecular weight excluding hydrogens is 385 g/mol. The van der Waals surface area contributed by atoms with E-state index in [9.17, 15) is 5.11 Å². The van der Waals surface area contributed by atoms with Crippen LogP contribution in [0.4, 0.5) is 0 Å². The molecule has 2 heterocycles. The summed E-state index contributed by atoms with van der Waals surface area (Å²) in [6.45, 7) is 7.79. The van der Waals surface area contributed by atoms with E-state index >= 15 is 0 Å². The summed E-state index contributed by atoms with van der Waals surface area (Å²) in [4.78, 5) is 2.51. The minimum atomic E-state index is -0.101. The Morgan fingerprint density at radius 2 is 1.93 bits per heavy atom. The van der Waals surface area contributed by atoms with E-state index in [1.807, 2.05) is 13.0 Å². The number of benzene rings is 1. The van der Waals surface area contributed by atoms with E-state index in [4.69, 9.17) is 16.2 Å². The molecule has 1 aromatic rings. The van der Waals surface area contributed by atoms with Gasteiger partial charge in [-0.1, -0.05) is 12.1 Å². The molecule has 1 saturated heterocycles. The van der Waals surface area contributed by atoms with Crippen molar-refractivity contribution in [1.82, 2.24) is 4.90 Å². The lowest BCUT2D eigenvalue weighted by Gasteiger charge is -2.40. The first kappa shape index (κ1) is 24.5. The number of nitrogens with two attached hydrogens (primary N) is 2. The normalized spacial score (nSPS) is 24.4. The molecule has 0 bridgehead atoms. The van der Waals surface area contributed by atoms with Gasteiger partial charge in [0.1, 0.15) is 5.75 Å². The summed E-state index contributed by atoms with van der Waals surface area (Å²) in [5.74, 6) is 0.965. The number of likely N-dealkylation sites (tertiary alicyclic amines) is 1. The Morgan fingerprint density at radius 3 is 2.52 bits per heavy atom. The van der Waals surface area contributed by atoms with Gasteiger partial charge in [0, 0.05) is 24.6 Å². The van der Waals surface area contributed by atoms with Gasteiger partial charge in [0.05, 0.1) is 12.2 Å². The number of aryl methyl sites for hydroxylation is 1. The molecule has 156 valence electrons. The van der Waals surface area contributed by atoms with Crippen molar-refractivity contribution < 1.29 is 9.84 Å². The molecule has 0 amide bonds. The molecule has 0 spiro atoms. The Morgan fingerprint density at radius 1 is 1.26 bits per heavy atom. The zero-order chi connectivity index (χ0) is 18.0. The first-order valence-corrected chi connectivity index (χ1v) is 9.64. The maximum atomic E-state index is 10.5. The van der Waals surface area contributed by atoms with Crippen LogP contribution in [-0.4, -0.2) is 48.3 Å². The Bertz CT molecular complexity index is 593. The van der Waals surface area contributed by atoms with Gasteiger partial charge in [0.2, 0.25) is 0 Å². The lowest BCUT2D eigenvalue weighted by molar-refractivity contribution is -0.0647. The maximum absolute atomic E-state index is 10.5. The summed E-state index contributed by atoms with van der Waals surface area (Å²) >= 11 is 0. The number of ether oxygens (including phenoxy) is 1. The number of fused-ring (bicyclic) bond motifs is 1. The highest BCUT2D eigenvalue weighted by Gasteiger charge is 2.35. The van der Waals surface area contributed by atoms with Crippen LogP contribution in [0.2, 0.25) is 0 Å². The summed E-state index contributed by atoms with van der Waals surface area (Å²) in [6, 6.07) is 4.29. The van der Waals surface area contributed by atoms with Gasteiger partial charge in [0.25, 0.3) is 0 Å². The van der Waals surface area contributed by atoms with Crippen molar-refractivity contribution in [3.63, 3.8) is 0 Å². The second kappa shape index (κ2) is 10.8. The highest BCUT2D eigenvalue weighted by molar-refractivity contribution is 5.85. The quantitative estimate of drug-likeness (QED) is 0.682. The molecule has 1 aromatic carbocycles. The fraction of sp³-hybridized carbons (Fsp3) is 0.700. The number of phenols is 1. The van der Waals surface area contributed by atoms with Gasteiger partial charge in [-0.3, -0.25) is 0 Å². The summed E-state index contributed by atoms with van der Waals surface area (Å²) in [7, 11) is 0. The molecule has 0 aliphatic carbocycles. The fourth-order valence-corrected chi connectivity index (χ4v) is 4.21. The third-order valence-electron chi connectivity index (χ3n) is 5.88. The molecule has 2 aliphatic rings. The van der Waals surface area contributed by atoms with E-state index in [1.165, 1.54) is 0 Å². The Labute approximate surface area is 175 Å². The molecule has 3 rings (SSSR count). The zero-order valence-electron chi connectivity index (χ0n) is 16.4.